The first kappa shape index (κ1) is 8.87. The van der Waals surface area contributed by atoms with E-state index in [2.05, 4.69) is 0 Å². The first-order chi connectivity index (χ1) is 5.65. The summed E-state index contributed by atoms with van der Waals surface area (Å²) in [5.74, 6) is 0.468. The molecule has 0 heterocycles. The number of hydrogen-bond acceptors (Lipinski definition) is 3. The van der Waals surface area contributed by atoms with Gasteiger partial charge in [-0.15, -0.1) is 0 Å². The lowest BCUT2D eigenvalue weighted by atomic mass is 10.1. The molecule has 1 unspecified atom stereocenters. The van der Waals surface area contributed by atoms with Crippen LogP contribution < -0.4 is 4.74 Å². The maximum Gasteiger partial charge on any atom is 0.160 e. The van der Waals surface area contributed by atoms with Gasteiger partial charge in [-0.25, -0.2) is 0 Å². The van der Waals surface area contributed by atoms with Crippen LogP contribution in [0.1, 0.15) is 18.6 Å². The van der Waals surface area contributed by atoms with Gasteiger partial charge in [-0.05, 0) is 24.6 Å². The summed E-state index contributed by atoms with van der Waals surface area (Å²) >= 11 is 0. The van der Waals surface area contributed by atoms with Crippen LogP contribution in [0.15, 0.2) is 18.2 Å². The van der Waals surface area contributed by atoms with E-state index in [4.69, 9.17) is 9.84 Å². The van der Waals surface area contributed by atoms with Gasteiger partial charge < -0.3 is 14.9 Å². The Bertz CT molecular complexity index is 268. The third kappa shape index (κ3) is 1.68. The third-order valence-corrected chi connectivity index (χ3v) is 1.69. The molecule has 0 bridgehead atoms. The topological polar surface area (TPSA) is 49.7 Å². The summed E-state index contributed by atoms with van der Waals surface area (Å²) < 4.78 is 4.85. The maximum atomic E-state index is 9.30. The Kier molecular flexibility index (Phi) is 2.55. The normalized spacial score (nSPS) is 12.6. The number of rotatable bonds is 2. The Labute approximate surface area is 71.2 Å². The molecule has 1 rings (SSSR count). The van der Waals surface area contributed by atoms with E-state index in [-0.39, 0.29) is 5.75 Å². The van der Waals surface area contributed by atoms with E-state index < -0.39 is 6.10 Å². The minimum atomic E-state index is -0.568. The molecular formula is C9H12O3. The lowest BCUT2D eigenvalue weighted by Crippen LogP contribution is -1.91. The van der Waals surface area contributed by atoms with Crippen molar-refractivity contribution in [2.45, 2.75) is 13.0 Å². The fourth-order valence-electron chi connectivity index (χ4n) is 0.967. The van der Waals surface area contributed by atoms with Gasteiger partial charge in [-0.2, -0.15) is 0 Å². The van der Waals surface area contributed by atoms with Crippen molar-refractivity contribution in [3.05, 3.63) is 23.8 Å². The van der Waals surface area contributed by atoms with Gasteiger partial charge >= 0.3 is 0 Å². The summed E-state index contributed by atoms with van der Waals surface area (Å²) in [7, 11) is 1.48. The Balaban J connectivity index is 3.02. The number of phenolic OH excluding ortho intramolecular Hbond substituents is 1. The number of benzene rings is 1. The molecule has 1 aromatic carbocycles. The average Bonchev–Trinajstić information content (AvgIpc) is 2.04. The lowest BCUT2D eigenvalue weighted by molar-refractivity contribution is 0.198. The van der Waals surface area contributed by atoms with E-state index in [1.54, 1.807) is 19.1 Å². The van der Waals surface area contributed by atoms with Gasteiger partial charge in [-0.1, -0.05) is 6.07 Å². The van der Waals surface area contributed by atoms with Crippen LogP contribution in [0.25, 0.3) is 0 Å². The number of hydrogen-bond donors (Lipinski definition) is 2. The van der Waals surface area contributed by atoms with Crippen molar-refractivity contribution < 1.29 is 14.9 Å². The van der Waals surface area contributed by atoms with Gasteiger partial charge in [-0.3, -0.25) is 0 Å². The minimum Gasteiger partial charge on any atom is -0.504 e. The second-order valence-corrected chi connectivity index (χ2v) is 2.61. The zero-order valence-corrected chi connectivity index (χ0v) is 7.11. The standard InChI is InChI=1S/C9H12O3/c1-6(10)7-3-4-9(12-2)8(11)5-7/h3-6,10-11H,1-2H3. The van der Waals surface area contributed by atoms with Crippen LogP contribution >= 0.6 is 0 Å². The predicted octanol–water partition coefficient (Wildman–Crippen LogP) is 1.45. The monoisotopic (exact) mass is 168 g/mol. The smallest absolute Gasteiger partial charge is 0.160 e. The molecule has 0 aliphatic rings. The van der Waals surface area contributed by atoms with Crippen molar-refractivity contribution in [1.29, 1.82) is 0 Å². The van der Waals surface area contributed by atoms with Crippen molar-refractivity contribution in [3.8, 4) is 11.5 Å². The van der Waals surface area contributed by atoms with E-state index in [9.17, 15) is 5.11 Å². The number of ether oxygens (including phenoxy) is 1. The molecule has 0 aromatic heterocycles. The van der Waals surface area contributed by atoms with Gasteiger partial charge in [0.25, 0.3) is 0 Å². The van der Waals surface area contributed by atoms with Gasteiger partial charge in [0.15, 0.2) is 11.5 Å². The van der Waals surface area contributed by atoms with Crippen molar-refractivity contribution in [1.82, 2.24) is 0 Å². The largest absolute Gasteiger partial charge is 0.504 e. The Hall–Kier alpha value is -1.22. The summed E-state index contributed by atoms with van der Waals surface area (Å²) in [4.78, 5) is 0. The molecule has 12 heavy (non-hydrogen) atoms. The highest BCUT2D eigenvalue weighted by molar-refractivity contribution is 5.42. The molecule has 0 spiro atoms. The second kappa shape index (κ2) is 3.45. The number of methoxy groups -OCH3 is 1. The highest BCUT2D eigenvalue weighted by Gasteiger charge is 2.05. The van der Waals surface area contributed by atoms with Crippen LogP contribution in [0.3, 0.4) is 0 Å². The first-order valence-corrected chi connectivity index (χ1v) is 3.70. The zero-order chi connectivity index (χ0) is 9.14. The molecule has 0 saturated heterocycles. The molecule has 0 amide bonds. The van der Waals surface area contributed by atoms with Crippen molar-refractivity contribution >= 4 is 0 Å². The highest BCUT2D eigenvalue weighted by Crippen LogP contribution is 2.28. The second-order valence-electron chi connectivity index (χ2n) is 2.61. The van der Waals surface area contributed by atoms with E-state index in [0.29, 0.717) is 11.3 Å². The molecule has 2 N–H and O–H groups in total. The van der Waals surface area contributed by atoms with Gasteiger partial charge in [0.1, 0.15) is 0 Å². The fraction of sp³-hybridized carbons (Fsp3) is 0.333. The average molecular weight is 168 g/mol. The van der Waals surface area contributed by atoms with E-state index >= 15 is 0 Å². The van der Waals surface area contributed by atoms with Gasteiger partial charge in [0, 0.05) is 0 Å². The van der Waals surface area contributed by atoms with Gasteiger partial charge in [0.05, 0.1) is 13.2 Å². The summed E-state index contributed by atoms with van der Waals surface area (Å²) in [6, 6.07) is 4.82. The van der Waals surface area contributed by atoms with Crippen molar-refractivity contribution in [2.24, 2.45) is 0 Å². The highest BCUT2D eigenvalue weighted by atomic mass is 16.5. The Morgan fingerprint density at radius 3 is 2.50 bits per heavy atom. The molecule has 0 radical (unpaired) electrons. The van der Waals surface area contributed by atoms with E-state index in [1.165, 1.54) is 13.2 Å². The molecule has 0 aliphatic carbocycles. The quantitative estimate of drug-likeness (QED) is 0.702. The molecular weight excluding hydrogens is 156 g/mol. The number of aliphatic hydroxyl groups is 1. The van der Waals surface area contributed by atoms with Crippen LogP contribution in [-0.4, -0.2) is 17.3 Å². The van der Waals surface area contributed by atoms with Crippen molar-refractivity contribution in [2.75, 3.05) is 7.11 Å². The Morgan fingerprint density at radius 2 is 2.08 bits per heavy atom. The molecule has 0 saturated carbocycles. The lowest BCUT2D eigenvalue weighted by Gasteiger charge is -2.07. The number of phenols is 1. The first-order valence-electron chi connectivity index (χ1n) is 3.70. The minimum absolute atomic E-state index is 0.0518. The third-order valence-electron chi connectivity index (χ3n) is 1.69. The molecule has 0 aliphatic heterocycles. The fourth-order valence-corrected chi connectivity index (χ4v) is 0.967. The zero-order valence-electron chi connectivity index (χ0n) is 7.11. The molecule has 66 valence electrons. The summed E-state index contributed by atoms with van der Waals surface area (Å²) in [5, 5.41) is 18.5. The maximum absolute atomic E-state index is 9.30. The van der Waals surface area contributed by atoms with Crippen LogP contribution in [0.4, 0.5) is 0 Å². The summed E-state index contributed by atoms with van der Waals surface area (Å²) in [6.45, 7) is 1.64. The Morgan fingerprint density at radius 1 is 1.42 bits per heavy atom. The number of aliphatic hydroxyl groups excluding tert-OH is 1. The van der Waals surface area contributed by atoms with E-state index in [0.717, 1.165) is 0 Å². The number of aromatic hydroxyl groups is 1. The van der Waals surface area contributed by atoms with E-state index in [1.807, 2.05) is 0 Å². The molecule has 1 aromatic rings. The molecule has 3 nitrogen and oxygen atoms in total. The van der Waals surface area contributed by atoms with Crippen LogP contribution in [0.5, 0.6) is 11.5 Å². The summed E-state index contributed by atoms with van der Waals surface area (Å²) in [5.41, 5.74) is 0.674. The SMILES string of the molecule is COc1ccc(C(C)O)cc1O. The van der Waals surface area contributed by atoms with Crippen LogP contribution in [0, 0.1) is 0 Å². The van der Waals surface area contributed by atoms with Crippen LogP contribution in [-0.2, 0) is 0 Å². The van der Waals surface area contributed by atoms with Crippen LogP contribution in [0.2, 0.25) is 0 Å². The van der Waals surface area contributed by atoms with Crippen molar-refractivity contribution in [3.63, 3.8) is 0 Å². The molecule has 1 atom stereocenters. The van der Waals surface area contributed by atoms with Gasteiger partial charge in [0.2, 0.25) is 0 Å². The summed E-state index contributed by atoms with van der Waals surface area (Å²) in [6.07, 6.45) is -0.568. The molecule has 3 heteroatoms. The molecule has 0 fully saturated rings. The predicted molar refractivity (Wildman–Crippen MR) is 45.3 cm³/mol.